The first kappa shape index (κ1) is 12.2. The number of nitrogens with two attached hydrogens (primary N) is 1. The molecule has 3 aromatic rings. The molecule has 4 heteroatoms. The average Bonchev–Trinajstić information content (AvgIpc) is 2.50. The monoisotopic (exact) mass is 263 g/mol. The molecule has 0 aliphatic rings. The molecule has 3 N–H and O–H groups in total. The van der Waals surface area contributed by atoms with Gasteiger partial charge in [-0.25, -0.2) is 0 Å². The smallest absolute Gasteiger partial charge is 0.141 e. The third-order valence-corrected chi connectivity index (χ3v) is 3.07. The summed E-state index contributed by atoms with van der Waals surface area (Å²) in [7, 11) is 0. The minimum absolute atomic E-state index is 0.0192. The third kappa shape index (κ3) is 2.19. The molecule has 3 rings (SSSR count). The van der Waals surface area contributed by atoms with Gasteiger partial charge in [0.1, 0.15) is 5.75 Å². The van der Waals surface area contributed by atoms with Gasteiger partial charge in [0.25, 0.3) is 0 Å². The molecule has 0 saturated heterocycles. The summed E-state index contributed by atoms with van der Waals surface area (Å²) in [4.78, 5) is 0. The van der Waals surface area contributed by atoms with E-state index < -0.39 is 0 Å². The molecule has 0 amide bonds. The maximum atomic E-state index is 9.87. The molecule has 0 aliphatic heterocycles. The van der Waals surface area contributed by atoms with Crippen LogP contribution in [0.25, 0.3) is 10.8 Å². The molecule has 20 heavy (non-hydrogen) atoms. The van der Waals surface area contributed by atoms with E-state index in [9.17, 15) is 5.11 Å². The number of nitrogens with zero attached hydrogens (tertiary/aromatic N) is 2. The lowest BCUT2D eigenvalue weighted by Crippen LogP contribution is -1.88. The summed E-state index contributed by atoms with van der Waals surface area (Å²) in [5.74, 6) is 0.0192. The van der Waals surface area contributed by atoms with Gasteiger partial charge in [0.05, 0.1) is 17.1 Å². The second kappa shape index (κ2) is 5.01. The Morgan fingerprint density at radius 3 is 2.20 bits per heavy atom. The summed E-state index contributed by atoms with van der Waals surface area (Å²) in [6.45, 7) is 0. The second-order valence-electron chi connectivity index (χ2n) is 4.41. The van der Waals surface area contributed by atoms with E-state index in [1.807, 2.05) is 54.6 Å². The molecule has 0 unspecified atom stereocenters. The molecular weight excluding hydrogens is 250 g/mol. The SMILES string of the molecule is Nc1c(O)cc(/N=N/c2ccccc2)c2ccccc12. The van der Waals surface area contributed by atoms with E-state index in [0.717, 1.165) is 16.5 Å². The third-order valence-electron chi connectivity index (χ3n) is 3.07. The fourth-order valence-electron chi connectivity index (χ4n) is 2.05. The van der Waals surface area contributed by atoms with Crippen molar-refractivity contribution in [3.63, 3.8) is 0 Å². The van der Waals surface area contributed by atoms with Crippen LogP contribution in [0.5, 0.6) is 5.75 Å². The van der Waals surface area contributed by atoms with Crippen LogP contribution in [-0.4, -0.2) is 5.11 Å². The predicted octanol–water partition coefficient (Wildman–Crippen LogP) is 4.54. The normalized spacial score (nSPS) is 11.2. The molecule has 3 aromatic carbocycles. The van der Waals surface area contributed by atoms with Crippen molar-refractivity contribution in [2.24, 2.45) is 10.2 Å². The van der Waals surface area contributed by atoms with Gasteiger partial charge in [-0.05, 0) is 12.1 Å². The number of hydrogen-bond donors (Lipinski definition) is 2. The zero-order chi connectivity index (χ0) is 13.9. The molecule has 4 nitrogen and oxygen atoms in total. The Bertz CT molecular complexity index is 782. The van der Waals surface area contributed by atoms with Crippen molar-refractivity contribution in [2.75, 3.05) is 5.73 Å². The van der Waals surface area contributed by atoms with Crippen LogP contribution in [0.4, 0.5) is 17.1 Å². The summed E-state index contributed by atoms with van der Waals surface area (Å²) in [5.41, 5.74) is 7.58. The summed E-state index contributed by atoms with van der Waals surface area (Å²) in [6.07, 6.45) is 0. The Hall–Kier alpha value is -2.88. The van der Waals surface area contributed by atoms with Crippen molar-refractivity contribution < 1.29 is 5.11 Å². The number of nitrogen functional groups attached to an aromatic ring is 1. The van der Waals surface area contributed by atoms with Crippen LogP contribution >= 0.6 is 0 Å². The van der Waals surface area contributed by atoms with E-state index in [4.69, 9.17) is 5.73 Å². The Balaban J connectivity index is 2.13. The Morgan fingerprint density at radius 2 is 1.45 bits per heavy atom. The van der Waals surface area contributed by atoms with Crippen LogP contribution in [0.15, 0.2) is 70.9 Å². The maximum Gasteiger partial charge on any atom is 0.141 e. The van der Waals surface area contributed by atoms with E-state index >= 15 is 0 Å². The number of phenols is 1. The molecule has 0 atom stereocenters. The summed E-state index contributed by atoms with van der Waals surface area (Å²) in [6, 6.07) is 18.5. The largest absolute Gasteiger partial charge is 0.506 e. The lowest BCUT2D eigenvalue weighted by atomic mass is 10.1. The molecule has 98 valence electrons. The number of phenolic OH excluding ortho intramolecular Hbond substituents is 1. The van der Waals surface area contributed by atoms with E-state index in [1.165, 1.54) is 6.07 Å². The van der Waals surface area contributed by atoms with Gasteiger partial charge in [-0.2, -0.15) is 5.11 Å². The molecule has 0 saturated carbocycles. The number of aromatic hydroxyl groups is 1. The zero-order valence-corrected chi connectivity index (χ0v) is 10.7. The number of hydrogen-bond acceptors (Lipinski definition) is 4. The molecule has 0 aliphatic carbocycles. The van der Waals surface area contributed by atoms with E-state index in [1.54, 1.807) is 0 Å². The van der Waals surface area contributed by atoms with Crippen LogP contribution in [-0.2, 0) is 0 Å². The van der Waals surface area contributed by atoms with E-state index in [-0.39, 0.29) is 5.75 Å². The van der Waals surface area contributed by atoms with Crippen molar-refractivity contribution in [1.82, 2.24) is 0 Å². The van der Waals surface area contributed by atoms with Gasteiger partial charge >= 0.3 is 0 Å². The van der Waals surface area contributed by atoms with Gasteiger partial charge in [0, 0.05) is 16.8 Å². The quantitative estimate of drug-likeness (QED) is 0.404. The Labute approximate surface area is 116 Å². The second-order valence-corrected chi connectivity index (χ2v) is 4.41. The van der Waals surface area contributed by atoms with Gasteiger partial charge in [-0.3, -0.25) is 0 Å². The van der Waals surface area contributed by atoms with Crippen LogP contribution < -0.4 is 5.73 Å². The van der Waals surface area contributed by atoms with Gasteiger partial charge in [-0.15, -0.1) is 5.11 Å². The maximum absolute atomic E-state index is 9.87. The van der Waals surface area contributed by atoms with Crippen LogP contribution in [0.2, 0.25) is 0 Å². The van der Waals surface area contributed by atoms with Crippen LogP contribution in [0.3, 0.4) is 0 Å². The summed E-state index contributed by atoms with van der Waals surface area (Å²) >= 11 is 0. The molecule has 0 spiro atoms. The van der Waals surface area contributed by atoms with Crippen LogP contribution in [0, 0.1) is 0 Å². The van der Waals surface area contributed by atoms with E-state index in [2.05, 4.69) is 10.2 Å². The number of fused-ring (bicyclic) bond motifs is 1. The Morgan fingerprint density at radius 1 is 0.800 bits per heavy atom. The number of azo groups is 1. The molecule has 0 fully saturated rings. The van der Waals surface area contributed by atoms with Crippen molar-refractivity contribution in [2.45, 2.75) is 0 Å². The molecule has 0 radical (unpaired) electrons. The highest BCUT2D eigenvalue weighted by Gasteiger charge is 2.08. The summed E-state index contributed by atoms with van der Waals surface area (Å²) < 4.78 is 0. The molecule has 0 heterocycles. The standard InChI is InChI=1S/C16H13N3O/c17-16-13-9-5-4-8-12(13)14(10-15(16)20)19-18-11-6-2-1-3-7-11/h1-10,20H,17H2/b19-18+. The summed E-state index contributed by atoms with van der Waals surface area (Å²) in [5, 5.41) is 19.9. The fourth-order valence-corrected chi connectivity index (χ4v) is 2.05. The first-order valence-electron chi connectivity index (χ1n) is 6.22. The van der Waals surface area contributed by atoms with Gasteiger partial charge < -0.3 is 10.8 Å². The number of rotatable bonds is 2. The van der Waals surface area contributed by atoms with Gasteiger partial charge in [0.2, 0.25) is 0 Å². The average molecular weight is 263 g/mol. The minimum Gasteiger partial charge on any atom is -0.506 e. The first-order valence-corrected chi connectivity index (χ1v) is 6.22. The van der Waals surface area contributed by atoms with Crippen molar-refractivity contribution in [1.29, 1.82) is 0 Å². The van der Waals surface area contributed by atoms with Crippen molar-refractivity contribution in [3.05, 3.63) is 60.7 Å². The van der Waals surface area contributed by atoms with Crippen LogP contribution in [0.1, 0.15) is 0 Å². The van der Waals surface area contributed by atoms with Gasteiger partial charge in [-0.1, -0.05) is 42.5 Å². The molecule has 0 aromatic heterocycles. The van der Waals surface area contributed by atoms with E-state index in [0.29, 0.717) is 11.4 Å². The van der Waals surface area contributed by atoms with Crippen molar-refractivity contribution >= 4 is 27.8 Å². The zero-order valence-electron chi connectivity index (χ0n) is 10.7. The lowest BCUT2D eigenvalue weighted by molar-refractivity contribution is 0.479. The predicted molar refractivity (Wildman–Crippen MR) is 80.6 cm³/mol. The Kier molecular flexibility index (Phi) is 3.05. The fraction of sp³-hybridized carbons (Fsp3) is 0. The first-order chi connectivity index (χ1) is 9.75. The highest BCUT2D eigenvalue weighted by molar-refractivity contribution is 6.02. The highest BCUT2D eigenvalue weighted by Crippen LogP contribution is 2.37. The van der Waals surface area contributed by atoms with Gasteiger partial charge in [0.15, 0.2) is 0 Å². The van der Waals surface area contributed by atoms with Crippen molar-refractivity contribution in [3.8, 4) is 5.75 Å². The molecular formula is C16H13N3O. The molecule has 0 bridgehead atoms. The highest BCUT2D eigenvalue weighted by atomic mass is 16.3. The topological polar surface area (TPSA) is 71.0 Å². The lowest BCUT2D eigenvalue weighted by Gasteiger charge is -2.06. The minimum atomic E-state index is 0.0192. The number of benzene rings is 3. The number of anilines is 1.